The van der Waals surface area contributed by atoms with Gasteiger partial charge in [-0.1, -0.05) is 0 Å². The molecule has 0 bridgehead atoms. The first-order chi connectivity index (χ1) is 9.19. The second-order valence-electron chi connectivity index (χ2n) is 4.27. The number of anilines is 1. The number of phenols is 1. The van der Waals surface area contributed by atoms with Crippen molar-refractivity contribution in [2.24, 2.45) is 0 Å². The van der Waals surface area contributed by atoms with Crippen LogP contribution in [0.15, 0.2) is 24.3 Å². The summed E-state index contributed by atoms with van der Waals surface area (Å²) >= 11 is 0. The Kier molecular flexibility index (Phi) is 5.09. The molecule has 2 N–H and O–H groups in total. The summed E-state index contributed by atoms with van der Waals surface area (Å²) in [6.45, 7) is -0.576. The Morgan fingerprint density at radius 2 is 1.75 bits per heavy atom. The third-order valence-electron chi connectivity index (χ3n) is 2.44. The van der Waals surface area contributed by atoms with Crippen molar-refractivity contribution in [1.29, 1.82) is 0 Å². The highest BCUT2D eigenvalue weighted by atomic mass is 32.2. The maximum atomic E-state index is 11.9. The Hall–Kier alpha value is -2.09. The molecule has 20 heavy (non-hydrogen) atoms. The zero-order valence-electron chi connectivity index (χ0n) is 10.8. The van der Waals surface area contributed by atoms with Crippen LogP contribution in [0.5, 0.6) is 5.75 Å². The predicted molar refractivity (Wildman–Crippen MR) is 72.4 cm³/mol. The lowest BCUT2D eigenvalue weighted by Crippen LogP contribution is -2.36. The Bertz CT molecular complexity index is 593. The first-order valence-corrected chi connectivity index (χ1v) is 7.74. The van der Waals surface area contributed by atoms with Gasteiger partial charge in [0.05, 0.1) is 5.75 Å². The minimum atomic E-state index is -3.31. The molecule has 0 aliphatic rings. The molecule has 0 aromatic heterocycles. The van der Waals surface area contributed by atoms with Gasteiger partial charge in [0.25, 0.3) is 0 Å². The van der Waals surface area contributed by atoms with E-state index in [0.29, 0.717) is 0 Å². The van der Waals surface area contributed by atoms with Crippen molar-refractivity contribution in [3.05, 3.63) is 24.3 Å². The second kappa shape index (κ2) is 6.38. The number of phenolic OH excluding ortho intramolecular Hbond substituents is 1. The third kappa shape index (κ3) is 5.27. The fraction of sp³-hybridized carbons (Fsp3) is 0.333. The molecule has 0 unspecified atom stereocenters. The van der Waals surface area contributed by atoms with Gasteiger partial charge in [-0.3, -0.25) is 9.59 Å². The summed E-state index contributed by atoms with van der Waals surface area (Å²) in [7, 11) is -3.31. The quantitative estimate of drug-likeness (QED) is 0.778. The molecular weight excluding hydrogens is 286 g/mol. The number of hydrogen-bond acceptors (Lipinski definition) is 5. The van der Waals surface area contributed by atoms with Crippen LogP contribution in [-0.2, 0) is 19.4 Å². The predicted octanol–water partition coefficient (Wildman–Crippen LogP) is 0.245. The molecule has 0 saturated carbocycles. The van der Waals surface area contributed by atoms with Crippen LogP contribution in [0.25, 0.3) is 0 Å². The number of carbonyl (C=O) groups is 2. The summed E-state index contributed by atoms with van der Waals surface area (Å²) < 4.78 is 22.1. The Morgan fingerprint density at radius 1 is 1.20 bits per heavy atom. The highest BCUT2D eigenvalue weighted by Crippen LogP contribution is 2.19. The van der Waals surface area contributed by atoms with Gasteiger partial charge in [0, 0.05) is 18.4 Å². The van der Waals surface area contributed by atoms with E-state index in [2.05, 4.69) is 0 Å². The smallest absolute Gasteiger partial charge is 0.323 e. The van der Waals surface area contributed by atoms with E-state index in [1.165, 1.54) is 24.3 Å². The van der Waals surface area contributed by atoms with Crippen LogP contribution in [0.4, 0.5) is 5.69 Å². The monoisotopic (exact) mass is 301 g/mol. The van der Waals surface area contributed by atoms with Crippen LogP contribution in [0.1, 0.15) is 6.42 Å². The summed E-state index contributed by atoms with van der Waals surface area (Å²) in [6, 6.07) is 5.40. The average Bonchev–Trinajstić information content (AvgIpc) is 2.33. The van der Waals surface area contributed by atoms with Gasteiger partial charge in [0.15, 0.2) is 0 Å². The van der Waals surface area contributed by atoms with Crippen molar-refractivity contribution in [3.8, 4) is 5.75 Å². The molecule has 1 rings (SSSR count). The molecule has 0 saturated heterocycles. The summed E-state index contributed by atoms with van der Waals surface area (Å²) in [5.74, 6) is -2.19. The molecular formula is C12H15NO6S. The van der Waals surface area contributed by atoms with Gasteiger partial charge in [-0.25, -0.2) is 8.42 Å². The van der Waals surface area contributed by atoms with Crippen LogP contribution < -0.4 is 4.90 Å². The molecule has 0 atom stereocenters. The van der Waals surface area contributed by atoms with Crippen LogP contribution >= 0.6 is 0 Å². The molecule has 0 aliphatic heterocycles. The molecule has 7 nitrogen and oxygen atoms in total. The Morgan fingerprint density at radius 3 is 2.20 bits per heavy atom. The number of amides is 1. The average molecular weight is 301 g/mol. The SMILES string of the molecule is CS(=O)(=O)CCC(=O)N(CC(=O)O)c1ccc(O)cc1. The second-order valence-corrected chi connectivity index (χ2v) is 6.53. The molecule has 0 heterocycles. The van der Waals surface area contributed by atoms with E-state index in [9.17, 15) is 18.0 Å². The van der Waals surface area contributed by atoms with Gasteiger partial charge in [-0.2, -0.15) is 0 Å². The summed E-state index contributed by atoms with van der Waals surface area (Å²) in [6.07, 6.45) is 0.704. The number of carbonyl (C=O) groups excluding carboxylic acids is 1. The van der Waals surface area contributed by atoms with Crippen molar-refractivity contribution in [3.63, 3.8) is 0 Å². The fourth-order valence-corrected chi connectivity index (χ4v) is 2.04. The molecule has 0 fully saturated rings. The van der Waals surface area contributed by atoms with Crippen molar-refractivity contribution >= 4 is 27.4 Å². The number of carboxylic acid groups (broad SMARTS) is 1. The number of hydrogen-bond donors (Lipinski definition) is 2. The standard InChI is InChI=1S/C12H15NO6S/c1-20(18,19)7-6-11(15)13(8-12(16)17)9-2-4-10(14)5-3-9/h2-5,14H,6-8H2,1H3,(H,16,17). The van der Waals surface area contributed by atoms with Crippen LogP contribution in [0.2, 0.25) is 0 Å². The number of aliphatic carboxylic acids is 1. The van der Waals surface area contributed by atoms with E-state index >= 15 is 0 Å². The minimum Gasteiger partial charge on any atom is -0.508 e. The highest BCUT2D eigenvalue weighted by molar-refractivity contribution is 7.90. The Balaban J connectivity index is 2.91. The molecule has 110 valence electrons. The molecule has 1 aromatic rings. The highest BCUT2D eigenvalue weighted by Gasteiger charge is 2.20. The van der Waals surface area contributed by atoms with Gasteiger partial charge in [-0.05, 0) is 24.3 Å². The zero-order valence-corrected chi connectivity index (χ0v) is 11.6. The zero-order chi connectivity index (χ0) is 15.3. The number of rotatable bonds is 6. The minimum absolute atomic E-state index is 0.0207. The van der Waals surface area contributed by atoms with E-state index in [4.69, 9.17) is 10.2 Å². The number of benzene rings is 1. The van der Waals surface area contributed by atoms with Gasteiger partial charge in [0.1, 0.15) is 22.1 Å². The normalized spacial score (nSPS) is 11.1. The summed E-state index contributed by atoms with van der Waals surface area (Å²) in [5, 5.41) is 18.0. The maximum Gasteiger partial charge on any atom is 0.323 e. The fourth-order valence-electron chi connectivity index (χ4n) is 1.50. The Labute approximate surface area is 116 Å². The van der Waals surface area contributed by atoms with Gasteiger partial charge in [-0.15, -0.1) is 0 Å². The van der Waals surface area contributed by atoms with Crippen LogP contribution in [-0.4, -0.2) is 49.1 Å². The van der Waals surface area contributed by atoms with E-state index in [-0.39, 0.29) is 23.6 Å². The number of nitrogens with zero attached hydrogens (tertiary/aromatic N) is 1. The lowest BCUT2D eigenvalue weighted by Gasteiger charge is -2.20. The number of carboxylic acids is 1. The molecule has 1 aromatic carbocycles. The first-order valence-electron chi connectivity index (χ1n) is 5.68. The lowest BCUT2D eigenvalue weighted by molar-refractivity contribution is -0.136. The van der Waals surface area contributed by atoms with Crippen molar-refractivity contribution in [2.45, 2.75) is 6.42 Å². The van der Waals surface area contributed by atoms with Gasteiger partial charge in [0.2, 0.25) is 5.91 Å². The van der Waals surface area contributed by atoms with Crippen LogP contribution in [0.3, 0.4) is 0 Å². The van der Waals surface area contributed by atoms with E-state index in [1.54, 1.807) is 0 Å². The van der Waals surface area contributed by atoms with E-state index in [1.807, 2.05) is 0 Å². The van der Waals surface area contributed by atoms with Crippen LogP contribution in [0, 0.1) is 0 Å². The van der Waals surface area contributed by atoms with E-state index < -0.39 is 28.3 Å². The van der Waals surface area contributed by atoms with Crippen molar-refractivity contribution in [1.82, 2.24) is 0 Å². The maximum absolute atomic E-state index is 11.9. The summed E-state index contributed by atoms with van der Waals surface area (Å²) in [5.41, 5.74) is 0.281. The molecule has 8 heteroatoms. The molecule has 0 aliphatic carbocycles. The lowest BCUT2D eigenvalue weighted by atomic mass is 10.2. The summed E-state index contributed by atoms with van der Waals surface area (Å²) in [4.78, 5) is 23.7. The third-order valence-corrected chi connectivity index (χ3v) is 3.39. The number of aromatic hydroxyl groups is 1. The van der Waals surface area contributed by atoms with Gasteiger partial charge < -0.3 is 15.1 Å². The largest absolute Gasteiger partial charge is 0.508 e. The van der Waals surface area contributed by atoms with Crippen molar-refractivity contribution < 1.29 is 28.2 Å². The van der Waals surface area contributed by atoms with Crippen molar-refractivity contribution in [2.75, 3.05) is 23.5 Å². The van der Waals surface area contributed by atoms with Gasteiger partial charge >= 0.3 is 5.97 Å². The topological polar surface area (TPSA) is 112 Å². The molecule has 0 spiro atoms. The molecule has 0 radical (unpaired) electrons. The first kappa shape index (κ1) is 16.0. The van der Waals surface area contributed by atoms with E-state index in [0.717, 1.165) is 11.2 Å². The molecule has 1 amide bonds. The number of sulfone groups is 1.